The fourth-order valence-corrected chi connectivity index (χ4v) is 4.20. The van der Waals surface area contributed by atoms with Gasteiger partial charge in [-0.25, -0.2) is 4.98 Å². The van der Waals surface area contributed by atoms with Gasteiger partial charge < -0.3 is 24.3 Å². The molecule has 0 unspecified atom stereocenters. The second-order valence-electron chi connectivity index (χ2n) is 9.05. The van der Waals surface area contributed by atoms with Gasteiger partial charge in [0.05, 0.1) is 38.0 Å². The van der Waals surface area contributed by atoms with Crippen molar-refractivity contribution < 1.29 is 23.7 Å². The normalized spacial score (nSPS) is 13.7. The molecule has 4 rings (SSSR count). The van der Waals surface area contributed by atoms with Gasteiger partial charge in [-0.1, -0.05) is 12.1 Å². The predicted octanol–water partition coefficient (Wildman–Crippen LogP) is 3.10. The molecule has 0 saturated carbocycles. The maximum atomic E-state index is 12.8. The Morgan fingerprint density at radius 3 is 2.71 bits per heavy atom. The minimum Gasteiger partial charge on any atom is -0.493 e. The number of para-hydroxylation sites is 1. The first-order valence-electron chi connectivity index (χ1n) is 11.6. The van der Waals surface area contributed by atoms with Crippen LogP contribution in [0.4, 0.5) is 0 Å². The summed E-state index contributed by atoms with van der Waals surface area (Å²) in [5.74, 6) is 2.36. The highest BCUT2D eigenvalue weighted by Crippen LogP contribution is 2.41. The molecule has 3 aromatic rings. The number of ether oxygens (including phenoxy) is 4. The summed E-state index contributed by atoms with van der Waals surface area (Å²) in [5.41, 5.74) is 1.23. The van der Waals surface area contributed by atoms with E-state index in [4.69, 9.17) is 18.9 Å². The number of nitrogens with one attached hydrogen (secondary N) is 1. The molecule has 0 bridgehead atoms. The first-order valence-corrected chi connectivity index (χ1v) is 11.6. The highest BCUT2D eigenvalue weighted by molar-refractivity contribution is 5.81. The molecule has 1 aliphatic heterocycles. The van der Waals surface area contributed by atoms with Crippen molar-refractivity contribution in [3.63, 3.8) is 0 Å². The van der Waals surface area contributed by atoms with Crippen LogP contribution >= 0.6 is 0 Å². The van der Waals surface area contributed by atoms with Crippen molar-refractivity contribution in [3.8, 4) is 23.0 Å². The molecule has 1 aliphatic rings. The lowest BCUT2D eigenvalue weighted by molar-refractivity contribution is -0.121. The second kappa shape index (κ2) is 10.2. The second-order valence-corrected chi connectivity index (χ2v) is 9.05. The Kier molecular flexibility index (Phi) is 7.14. The lowest BCUT2D eigenvalue weighted by atomic mass is 10.0. The fraction of sp³-hybridized carbons (Fsp3) is 0.423. The van der Waals surface area contributed by atoms with Crippen LogP contribution in [0.3, 0.4) is 0 Å². The third kappa shape index (κ3) is 5.50. The van der Waals surface area contributed by atoms with E-state index in [2.05, 4.69) is 10.3 Å². The standard InChI is InChI=1S/C26H31N3O6/c1-26(2)15-17-7-5-8-20(24(17)35-26)34-12-10-27-23(30)9-6-11-29-16-28-19-14-22(33-4)21(32-3)13-18(19)25(29)31/h5,7-8,13-14,16H,6,9-12,15H2,1-4H3,(H,27,30). The van der Waals surface area contributed by atoms with Crippen molar-refractivity contribution in [2.45, 2.75) is 45.3 Å². The number of aryl methyl sites for hydroxylation is 1. The van der Waals surface area contributed by atoms with Gasteiger partial charge >= 0.3 is 0 Å². The lowest BCUT2D eigenvalue weighted by Crippen LogP contribution is -2.28. The number of amides is 1. The van der Waals surface area contributed by atoms with Crippen molar-refractivity contribution in [2.24, 2.45) is 0 Å². The summed E-state index contributed by atoms with van der Waals surface area (Å²) in [6.45, 7) is 5.19. The van der Waals surface area contributed by atoms with E-state index in [1.165, 1.54) is 25.1 Å². The van der Waals surface area contributed by atoms with E-state index in [0.717, 1.165) is 17.7 Å². The Balaban J connectivity index is 1.25. The molecule has 9 heteroatoms. The molecule has 0 spiro atoms. The number of rotatable bonds is 10. The van der Waals surface area contributed by atoms with E-state index in [-0.39, 0.29) is 23.5 Å². The van der Waals surface area contributed by atoms with Gasteiger partial charge in [-0.2, -0.15) is 0 Å². The molecular formula is C26H31N3O6. The number of benzene rings is 2. The van der Waals surface area contributed by atoms with Crippen molar-refractivity contribution in [1.29, 1.82) is 0 Å². The molecule has 35 heavy (non-hydrogen) atoms. The summed E-state index contributed by atoms with van der Waals surface area (Å²) < 4.78 is 23.9. The zero-order chi connectivity index (χ0) is 25.0. The molecule has 0 fully saturated rings. The number of hydrogen-bond donors (Lipinski definition) is 1. The monoisotopic (exact) mass is 481 g/mol. The highest BCUT2D eigenvalue weighted by atomic mass is 16.5. The van der Waals surface area contributed by atoms with Gasteiger partial charge in [-0.15, -0.1) is 0 Å². The van der Waals surface area contributed by atoms with Crippen molar-refractivity contribution in [3.05, 3.63) is 52.6 Å². The summed E-state index contributed by atoms with van der Waals surface area (Å²) in [4.78, 5) is 29.4. The topological polar surface area (TPSA) is 101 Å². The van der Waals surface area contributed by atoms with E-state index in [0.29, 0.717) is 54.3 Å². The molecule has 2 aromatic carbocycles. The molecule has 1 N–H and O–H groups in total. The van der Waals surface area contributed by atoms with Crippen LogP contribution in [-0.2, 0) is 17.8 Å². The van der Waals surface area contributed by atoms with Gasteiger partial charge in [0.1, 0.15) is 12.2 Å². The predicted molar refractivity (Wildman–Crippen MR) is 132 cm³/mol. The van der Waals surface area contributed by atoms with E-state index in [1.807, 2.05) is 32.0 Å². The molecule has 0 atom stereocenters. The van der Waals surface area contributed by atoms with E-state index >= 15 is 0 Å². The number of carbonyl (C=O) groups excluding carboxylic acids is 1. The minimum absolute atomic E-state index is 0.0996. The molecule has 2 heterocycles. The fourth-order valence-electron chi connectivity index (χ4n) is 4.20. The molecule has 0 radical (unpaired) electrons. The summed E-state index contributed by atoms with van der Waals surface area (Å²) in [6.07, 6.45) is 3.12. The van der Waals surface area contributed by atoms with Crippen molar-refractivity contribution >= 4 is 16.8 Å². The Morgan fingerprint density at radius 1 is 1.17 bits per heavy atom. The number of aromatic nitrogens is 2. The minimum atomic E-state index is -0.239. The molecule has 1 aromatic heterocycles. The van der Waals surface area contributed by atoms with Gasteiger partial charge in [0.2, 0.25) is 5.91 Å². The summed E-state index contributed by atoms with van der Waals surface area (Å²) in [6, 6.07) is 9.17. The van der Waals surface area contributed by atoms with Crippen LogP contribution in [0.15, 0.2) is 41.5 Å². The van der Waals surface area contributed by atoms with Crippen LogP contribution in [0.2, 0.25) is 0 Å². The van der Waals surface area contributed by atoms with Gasteiger partial charge in [0, 0.05) is 31.0 Å². The zero-order valence-electron chi connectivity index (χ0n) is 20.6. The average Bonchev–Trinajstić information content (AvgIpc) is 3.17. The quantitative estimate of drug-likeness (QED) is 0.444. The highest BCUT2D eigenvalue weighted by Gasteiger charge is 2.32. The number of hydrogen-bond acceptors (Lipinski definition) is 7. The smallest absolute Gasteiger partial charge is 0.261 e. The third-order valence-electron chi connectivity index (χ3n) is 5.87. The average molecular weight is 482 g/mol. The van der Waals surface area contributed by atoms with Crippen LogP contribution in [0, 0.1) is 0 Å². The molecule has 1 amide bonds. The molecule has 0 saturated heterocycles. The Morgan fingerprint density at radius 2 is 1.94 bits per heavy atom. The van der Waals surface area contributed by atoms with Crippen molar-refractivity contribution in [1.82, 2.24) is 14.9 Å². The number of methoxy groups -OCH3 is 2. The largest absolute Gasteiger partial charge is 0.493 e. The van der Waals surface area contributed by atoms with Crippen LogP contribution < -0.4 is 29.8 Å². The Labute approximate surface area is 204 Å². The first-order chi connectivity index (χ1) is 16.8. The maximum Gasteiger partial charge on any atom is 0.261 e. The summed E-state index contributed by atoms with van der Waals surface area (Å²) in [5, 5.41) is 3.29. The molecule has 186 valence electrons. The lowest BCUT2D eigenvalue weighted by Gasteiger charge is -2.18. The number of carbonyl (C=O) groups is 1. The van der Waals surface area contributed by atoms with Crippen LogP contribution in [0.1, 0.15) is 32.3 Å². The van der Waals surface area contributed by atoms with Gasteiger partial charge in [0.15, 0.2) is 23.0 Å². The summed E-state index contributed by atoms with van der Waals surface area (Å²) in [7, 11) is 3.05. The Bertz CT molecular complexity index is 1280. The molecular weight excluding hydrogens is 450 g/mol. The van der Waals surface area contributed by atoms with E-state index < -0.39 is 0 Å². The van der Waals surface area contributed by atoms with Gasteiger partial charge in [0.25, 0.3) is 5.56 Å². The van der Waals surface area contributed by atoms with Gasteiger partial charge in [-0.3, -0.25) is 14.2 Å². The Hall–Kier alpha value is -3.75. The number of fused-ring (bicyclic) bond motifs is 2. The van der Waals surface area contributed by atoms with Crippen molar-refractivity contribution in [2.75, 3.05) is 27.4 Å². The molecule has 0 aliphatic carbocycles. The third-order valence-corrected chi connectivity index (χ3v) is 5.87. The number of nitrogens with zero attached hydrogens (tertiary/aromatic N) is 2. The van der Waals surface area contributed by atoms with E-state index in [9.17, 15) is 9.59 Å². The summed E-state index contributed by atoms with van der Waals surface area (Å²) >= 11 is 0. The molecule has 9 nitrogen and oxygen atoms in total. The maximum absolute atomic E-state index is 12.8. The van der Waals surface area contributed by atoms with Crippen LogP contribution in [-0.4, -0.2) is 48.4 Å². The SMILES string of the molecule is COc1cc2ncn(CCCC(=O)NCCOc3cccc4c3OC(C)(C)C4)c(=O)c2cc1OC. The van der Waals surface area contributed by atoms with Crippen LogP contribution in [0.25, 0.3) is 10.9 Å². The first kappa shape index (κ1) is 24.4. The van der Waals surface area contributed by atoms with Gasteiger partial charge in [-0.05, 0) is 32.4 Å². The van der Waals surface area contributed by atoms with E-state index in [1.54, 1.807) is 12.1 Å². The van der Waals surface area contributed by atoms with Crippen LogP contribution in [0.5, 0.6) is 23.0 Å². The zero-order valence-corrected chi connectivity index (χ0v) is 20.6.